The largest absolute Gasteiger partial charge is 0.393 e. The van der Waals surface area contributed by atoms with E-state index in [-0.39, 0.29) is 16.7 Å². The van der Waals surface area contributed by atoms with Gasteiger partial charge in [0.05, 0.1) is 24.4 Å². The Balaban J connectivity index is 1.87. The van der Waals surface area contributed by atoms with Gasteiger partial charge in [-0.3, -0.25) is 9.48 Å². The molecule has 5 nitrogen and oxygen atoms in total. The predicted molar refractivity (Wildman–Crippen MR) is 90.8 cm³/mol. The smallest absolute Gasteiger partial charge is 0.311 e. The van der Waals surface area contributed by atoms with E-state index in [0.717, 1.165) is 6.07 Å². The van der Waals surface area contributed by atoms with Gasteiger partial charge in [-0.05, 0) is 25.5 Å². The first-order chi connectivity index (χ1) is 12.6. The van der Waals surface area contributed by atoms with Crippen LogP contribution in [0, 0.1) is 12.7 Å². The third-order valence-corrected chi connectivity index (χ3v) is 4.07. The highest BCUT2D eigenvalue weighted by molar-refractivity contribution is 5.56. The van der Waals surface area contributed by atoms with Crippen LogP contribution in [0.15, 0.2) is 41.5 Å². The molecule has 1 aromatic carbocycles. The van der Waals surface area contributed by atoms with Crippen LogP contribution in [0.2, 0.25) is 0 Å². The van der Waals surface area contributed by atoms with E-state index in [2.05, 4.69) is 15.1 Å². The lowest BCUT2D eigenvalue weighted by Gasteiger charge is -2.15. The number of nitrogens with one attached hydrogen (secondary N) is 1. The van der Waals surface area contributed by atoms with Crippen LogP contribution in [0.4, 0.5) is 17.6 Å². The second-order valence-electron chi connectivity index (χ2n) is 6.25. The molecule has 0 saturated heterocycles. The number of alkyl halides is 3. The summed E-state index contributed by atoms with van der Waals surface area (Å²) in [6.07, 6.45) is -2.48. The average Bonchev–Trinajstić information content (AvgIpc) is 3.02. The molecule has 0 fully saturated rings. The highest BCUT2D eigenvalue weighted by Crippen LogP contribution is 2.27. The van der Waals surface area contributed by atoms with E-state index in [1.165, 1.54) is 29.1 Å². The summed E-state index contributed by atoms with van der Waals surface area (Å²) in [6, 6.07) is 4.26. The maximum atomic E-state index is 14.3. The summed E-state index contributed by atoms with van der Waals surface area (Å²) in [5, 5.41) is 4.17. The Kier molecular flexibility index (Phi) is 4.86. The van der Waals surface area contributed by atoms with Crippen LogP contribution in [-0.4, -0.2) is 25.9 Å². The predicted octanol–water partition coefficient (Wildman–Crippen LogP) is 3.80. The van der Waals surface area contributed by atoms with Gasteiger partial charge in [0.25, 0.3) is 5.56 Å². The molecule has 9 heteroatoms. The van der Waals surface area contributed by atoms with Crippen molar-refractivity contribution in [2.75, 3.05) is 0 Å². The van der Waals surface area contributed by atoms with Gasteiger partial charge in [-0.1, -0.05) is 12.1 Å². The summed E-state index contributed by atoms with van der Waals surface area (Å²) in [6.45, 7) is 3.32. The van der Waals surface area contributed by atoms with Gasteiger partial charge in [-0.15, -0.1) is 0 Å². The molecule has 2 heterocycles. The summed E-state index contributed by atoms with van der Waals surface area (Å²) in [7, 11) is 0. The van der Waals surface area contributed by atoms with Crippen LogP contribution >= 0.6 is 0 Å². The molecule has 142 valence electrons. The first kappa shape index (κ1) is 18.8. The molecule has 3 aromatic rings. The van der Waals surface area contributed by atoms with Gasteiger partial charge in [-0.25, -0.2) is 9.37 Å². The first-order valence-electron chi connectivity index (χ1n) is 8.10. The number of nitrogens with zero attached hydrogens (tertiary/aromatic N) is 3. The fourth-order valence-electron chi connectivity index (χ4n) is 2.80. The van der Waals surface area contributed by atoms with Gasteiger partial charge in [0.2, 0.25) is 0 Å². The minimum absolute atomic E-state index is 0.139. The first-order valence-corrected chi connectivity index (χ1v) is 8.10. The van der Waals surface area contributed by atoms with Crippen molar-refractivity contribution < 1.29 is 17.6 Å². The Labute approximate surface area is 151 Å². The number of benzene rings is 1. The summed E-state index contributed by atoms with van der Waals surface area (Å²) >= 11 is 0. The fraction of sp³-hybridized carbons (Fsp3) is 0.278. The van der Waals surface area contributed by atoms with Crippen molar-refractivity contribution in [3.63, 3.8) is 0 Å². The third-order valence-electron chi connectivity index (χ3n) is 4.07. The van der Waals surface area contributed by atoms with Crippen molar-refractivity contribution >= 4 is 0 Å². The Morgan fingerprint density at radius 1 is 1.26 bits per heavy atom. The van der Waals surface area contributed by atoms with E-state index in [1.807, 2.05) is 0 Å². The number of hydrogen-bond donors (Lipinski definition) is 1. The monoisotopic (exact) mass is 380 g/mol. The van der Waals surface area contributed by atoms with Crippen molar-refractivity contribution in [2.24, 2.45) is 0 Å². The number of aromatic nitrogens is 4. The third kappa shape index (κ3) is 4.42. The summed E-state index contributed by atoms with van der Waals surface area (Å²) < 4.78 is 53.2. The Morgan fingerprint density at radius 2 is 2.00 bits per heavy atom. The maximum Gasteiger partial charge on any atom is 0.393 e. The lowest BCUT2D eigenvalue weighted by Crippen LogP contribution is -2.13. The number of halogens is 4. The zero-order valence-corrected chi connectivity index (χ0v) is 14.5. The van der Waals surface area contributed by atoms with E-state index in [1.54, 1.807) is 20.0 Å². The number of rotatable bonds is 4. The Morgan fingerprint density at radius 3 is 2.63 bits per heavy atom. The number of aromatic amines is 1. The van der Waals surface area contributed by atoms with Gasteiger partial charge in [0.1, 0.15) is 11.6 Å². The lowest BCUT2D eigenvalue weighted by molar-refractivity contribution is -0.127. The van der Waals surface area contributed by atoms with Gasteiger partial charge < -0.3 is 4.98 Å². The van der Waals surface area contributed by atoms with Crippen LogP contribution in [0.25, 0.3) is 11.3 Å². The molecule has 0 aliphatic rings. The topological polar surface area (TPSA) is 63.6 Å². The zero-order chi connectivity index (χ0) is 19.8. The molecule has 0 aliphatic heterocycles. The van der Waals surface area contributed by atoms with Crippen molar-refractivity contribution in [3.8, 4) is 11.3 Å². The lowest BCUT2D eigenvalue weighted by atomic mass is 10.0. The van der Waals surface area contributed by atoms with Crippen molar-refractivity contribution in [1.29, 1.82) is 0 Å². The Hall–Kier alpha value is -2.97. The molecule has 1 atom stereocenters. The molecule has 0 spiro atoms. The van der Waals surface area contributed by atoms with E-state index >= 15 is 0 Å². The zero-order valence-electron chi connectivity index (χ0n) is 14.5. The second kappa shape index (κ2) is 6.98. The normalized spacial score (nSPS) is 13.0. The van der Waals surface area contributed by atoms with E-state index in [0.29, 0.717) is 17.1 Å². The molecule has 2 aromatic heterocycles. The molecular formula is C18H16F4N4O. The quantitative estimate of drug-likeness (QED) is 0.701. The van der Waals surface area contributed by atoms with Crippen LogP contribution in [0.5, 0.6) is 0 Å². The Bertz CT molecular complexity index is 1020. The van der Waals surface area contributed by atoms with Crippen LogP contribution in [0.3, 0.4) is 0 Å². The van der Waals surface area contributed by atoms with Crippen molar-refractivity contribution in [3.05, 3.63) is 69.8 Å². The van der Waals surface area contributed by atoms with Gasteiger partial charge in [0.15, 0.2) is 0 Å². The summed E-state index contributed by atoms with van der Waals surface area (Å²) in [5.41, 5.74) is 0.774. The number of aryl methyl sites for hydroxylation is 1. The molecule has 0 saturated carbocycles. The average molecular weight is 380 g/mol. The highest BCUT2D eigenvalue weighted by Gasteiger charge is 2.28. The molecule has 0 aliphatic carbocycles. The molecular weight excluding hydrogens is 364 g/mol. The number of hydrogen-bond acceptors (Lipinski definition) is 3. The van der Waals surface area contributed by atoms with Crippen LogP contribution < -0.4 is 5.56 Å². The van der Waals surface area contributed by atoms with E-state index in [9.17, 15) is 22.4 Å². The minimum Gasteiger partial charge on any atom is -0.311 e. The molecule has 0 radical (unpaired) electrons. The van der Waals surface area contributed by atoms with E-state index in [4.69, 9.17) is 0 Å². The summed E-state index contributed by atoms with van der Waals surface area (Å²) in [4.78, 5) is 18.3. The molecule has 1 N–H and O–H groups in total. The molecule has 3 rings (SSSR count). The molecule has 0 amide bonds. The van der Waals surface area contributed by atoms with Gasteiger partial charge >= 0.3 is 6.18 Å². The van der Waals surface area contributed by atoms with E-state index < -0.39 is 24.5 Å². The number of H-pyrrole nitrogens is 1. The molecule has 27 heavy (non-hydrogen) atoms. The molecule has 0 unspecified atom stereocenters. The maximum absolute atomic E-state index is 14.3. The van der Waals surface area contributed by atoms with Crippen molar-refractivity contribution in [1.82, 2.24) is 19.7 Å². The standard InChI is InChI=1S/C18H16F4N4O/c1-10(14-4-3-12(5-15(14)19)7-18(20,21)22)26-9-13(8-23-26)16-6-17(27)25-11(2)24-16/h3-6,8-10H,7H2,1-2H3,(H,24,25,27)/t10-/m1/s1. The second-order valence-corrected chi connectivity index (χ2v) is 6.25. The summed E-state index contributed by atoms with van der Waals surface area (Å²) in [5.74, 6) is -0.281. The fourth-order valence-corrected chi connectivity index (χ4v) is 2.80. The SMILES string of the molecule is Cc1nc(-c2cnn([C@H](C)c3ccc(CC(F)(F)F)cc3F)c2)cc(=O)[nH]1. The molecule has 0 bridgehead atoms. The van der Waals surface area contributed by atoms with Gasteiger partial charge in [0, 0.05) is 23.4 Å². The minimum atomic E-state index is -4.39. The van der Waals surface area contributed by atoms with Gasteiger partial charge in [-0.2, -0.15) is 18.3 Å². The highest BCUT2D eigenvalue weighted by atomic mass is 19.4. The van der Waals surface area contributed by atoms with Crippen LogP contribution in [0.1, 0.15) is 29.9 Å². The van der Waals surface area contributed by atoms with Crippen molar-refractivity contribution in [2.45, 2.75) is 32.5 Å². The van der Waals surface area contributed by atoms with Crippen LogP contribution in [-0.2, 0) is 6.42 Å².